The summed E-state index contributed by atoms with van der Waals surface area (Å²) in [5, 5.41) is 11.1. The number of methoxy groups -OCH3 is 1. The van der Waals surface area contributed by atoms with E-state index in [2.05, 4.69) is 30.7 Å². The molecule has 2 aromatic carbocycles. The number of nitrogens with one attached hydrogen (secondary N) is 3. The molecule has 1 aliphatic heterocycles. The molecule has 0 bridgehead atoms. The summed E-state index contributed by atoms with van der Waals surface area (Å²) >= 11 is 0. The molecule has 0 amide bonds. The number of pyridine rings is 1. The lowest BCUT2D eigenvalue weighted by Gasteiger charge is -2.23. The molecule has 1 unspecified atom stereocenters. The van der Waals surface area contributed by atoms with Crippen LogP contribution in [-0.2, 0) is 4.74 Å². The summed E-state index contributed by atoms with van der Waals surface area (Å²) < 4.78 is 50.7. The minimum absolute atomic E-state index is 0.255. The van der Waals surface area contributed by atoms with Gasteiger partial charge in [-0.3, -0.25) is 0 Å². The molecule has 2 aromatic heterocycles. The van der Waals surface area contributed by atoms with Gasteiger partial charge in [0.25, 0.3) is 0 Å². The van der Waals surface area contributed by atoms with Crippen LogP contribution in [0.25, 0.3) is 22.0 Å². The van der Waals surface area contributed by atoms with E-state index in [1.807, 2.05) is 37.3 Å². The molecule has 40 heavy (non-hydrogen) atoms. The van der Waals surface area contributed by atoms with Crippen molar-refractivity contribution in [2.75, 3.05) is 37.4 Å². The van der Waals surface area contributed by atoms with Crippen LogP contribution in [0.1, 0.15) is 18.4 Å². The van der Waals surface area contributed by atoms with Crippen LogP contribution in [0.15, 0.2) is 60.9 Å². The highest BCUT2D eigenvalue weighted by molar-refractivity contribution is 5.98. The number of aromatic nitrogens is 3. The Morgan fingerprint density at radius 2 is 1.93 bits per heavy atom. The Kier molecular flexibility index (Phi) is 8.32. The van der Waals surface area contributed by atoms with Gasteiger partial charge in [0.1, 0.15) is 5.75 Å². The van der Waals surface area contributed by atoms with Crippen LogP contribution in [0.5, 0.6) is 11.6 Å². The van der Waals surface area contributed by atoms with E-state index >= 15 is 0 Å². The van der Waals surface area contributed by atoms with Crippen molar-refractivity contribution in [2.24, 2.45) is 0 Å². The number of anilines is 2. The van der Waals surface area contributed by atoms with Crippen LogP contribution in [0.4, 0.5) is 24.8 Å². The van der Waals surface area contributed by atoms with E-state index in [1.165, 1.54) is 0 Å². The van der Waals surface area contributed by atoms with Crippen molar-refractivity contribution in [1.82, 2.24) is 20.3 Å². The van der Waals surface area contributed by atoms with Crippen LogP contribution in [0.2, 0.25) is 0 Å². The van der Waals surface area contributed by atoms with Crippen molar-refractivity contribution >= 4 is 22.4 Å². The Labute approximate surface area is 230 Å². The first kappa shape index (κ1) is 27.6. The zero-order valence-electron chi connectivity index (χ0n) is 22.3. The highest BCUT2D eigenvalue weighted by Crippen LogP contribution is 2.38. The SMILES string of the molecule is COC(CNc1cccc2c(Oc3ncccc3-c3ccnc(N[C@H]4CCCNC4)n3)c(C)ccc12)C(F)(F)F. The fourth-order valence-electron chi connectivity index (χ4n) is 4.76. The van der Waals surface area contributed by atoms with Crippen molar-refractivity contribution in [3.63, 3.8) is 0 Å². The van der Waals surface area contributed by atoms with Crippen LogP contribution in [0, 0.1) is 6.92 Å². The van der Waals surface area contributed by atoms with Gasteiger partial charge in [0.2, 0.25) is 11.8 Å². The van der Waals surface area contributed by atoms with Crippen LogP contribution in [0.3, 0.4) is 0 Å². The second-order valence-electron chi connectivity index (χ2n) is 9.67. The monoisotopic (exact) mass is 552 g/mol. The first-order valence-electron chi connectivity index (χ1n) is 13.1. The summed E-state index contributed by atoms with van der Waals surface area (Å²) in [6.07, 6.45) is -0.927. The summed E-state index contributed by atoms with van der Waals surface area (Å²) in [7, 11) is 1.05. The van der Waals surface area contributed by atoms with E-state index in [0.717, 1.165) is 44.0 Å². The van der Waals surface area contributed by atoms with Gasteiger partial charge >= 0.3 is 6.18 Å². The Morgan fingerprint density at radius 3 is 2.70 bits per heavy atom. The Balaban J connectivity index is 1.44. The third-order valence-electron chi connectivity index (χ3n) is 6.87. The fraction of sp³-hybridized carbons (Fsp3) is 0.345. The number of rotatable bonds is 9. The van der Waals surface area contributed by atoms with Crippen LogP contribution in [-0.4, -0.2) is 60.0 Å². The molecule has 0 saturated carbocycles. The van der Waals surface area contributed by atoms with E-state index in [9.17, 15) is 13.2 Å². The highest BCUT2D eigenvalue weighted by Gasteiger charge is 2.39. The second kappa shape index (κ2) is 12.1. The Morgan fingerprint density at radius 1 is 1.05 bits per heavy atom. The predicted molar refractivity (Wildman–Crippen MR) is 149 cm³/mol. The molecule has 1 saturated heterocycles. The first-order chi connectivity index (χ1) is 19.3. The number of halogens is 3. The molecule has 2 atom stereocenters. The molecular weight excluding hydrogens is 521 g/mol. The fourth-order valence-corrected chi connectivity index (χ4v) is 4.76. The zero-order valence-corrected chi connectivity index (χ0v) is 22.3. The lowest BCUT2D eigenvalue weighted by molar-refractivity contribution is -0.207. The third kappa shape index (κ3) is 6.26. The number of hydrogen-bond acceptors (Lipinski definition) is 8. The molecule has 11 heteroatoms. The molecule has 1 aliphatic rings. The first-order valence-corrected chi connectivity index (χ1v) is 13.1. The number of nitrogens with zero attached hydrogens (tertiary/aromatic N) is 3. The normalized spacial score (nSPS) is 16.5. The molecule has 0 spiro atoms. The van der Waals surface area contributed by atoms with Crippen molar-refractivity contribution < 1.29 is 22.6 Å². The quantitative estimate of drug-likeness (QED) is 0.235. The smallest absolute Gasteiger partial charge is 0.416 e. The van der Waals surface area contributed by atoms with Crippen LogP contribution < -0.4 is 20.7 Å². The van der Waals surface area contributed by atoms with E-state index in [4.69, 9.17) is 9.72 Å². The second-order valence-corrected chi connectivity index (χ2v) is 9.67. The molecule has 3 heterocycles. The molecule has 8 nitrogen and oxygen atoms in total. The van der Waals surface area contributed by atoms with Gasteiger partial charge in [-0.25, -0.2) is 15.0 Å². The number of fused-ring (bicyclic) bond motifs is 1. The summed E-state index contributed by atoms with van der Waals surface area (Å²) in [6, 6.07) is 14.9. The number of benzene rings is 2. The number of alkyl halides is 3. The van der Waals surface area contributed by atoms with Crippen molar-refractivity contribution in [3.05, 3.63) is 66.5 Å². The molecule has 210 valence electrons. The standard InChI is InChI=1S/C29H31F3N6O2/c1-18-10-11-20-21(7-3-9-23(20)36-17-25(39-2)29(30,31)32)26(18)40-27-22(8-5-14-34-27)24-12-15-35-28(38-24)37-19-6-4-13-33-16-19/h3,5,7-12,14-15,19,25,33,36H,4,6,13,16-17H2,1-2H3,(H,35,37,38)/t19-,25?/m0/s1. The summed E-state index contributed by atoms with van der Waals surface area (Å²) in [6.45, 7) is 3.36. The molecule has 5 rings (SSSR count). The van der Waals surface area contributed by atoms with E-state index in [-0.39, 0.29) is 6.04 Å². The van der Waals surface area contributed by atoms with Crippen molar-refractivity contribution in [2.45, 2.75) is 38.1 Å². The van der Waals surface area contributed by atoms with E-state index < -0.39 is 18.8 Å². The minimum atomic E-state index is -4.48. The van der Waals surface area contributed by atoms with E-state index in [1.54, 1.807) is 30.6 Å². The maximum atomic E-state index is 13.2. The lowest BCUT2D eigenvalue weighted by atomic mass is 10.0. The maximum Gasteiger partial charge on any atom is 0.416 e. The zero-order chi connectivity index (χ0) is 28.1. The van der Waals surface area contributed by atoms with Gasteiger partial charge in [-0.15, -0.1) is 0 Å². The number of ether oxygens (including phenoxy) is 2. The average Bonchev–Trinajstić information content (AvgIpc) is 2.95. The van der Waals surface area contributed by atoms with Gasteiger partial charge in [-0.2, -0.15) is 13.2 Å². The number of hydrogen-bond donors (Lipinski definition) is 3. The van der Waals surface area contributed by atoms with Crippen molar-refractivity contribution in [1.29, 1.82) is 0 Å². The highest BCUT2D eigenvalue weighted by atomic mass is 19.4. The molecule has 3 N–H and O–H groups in total. The van der Waals surface area contributed by atoms with Gasteiger partial charge in [0, 0.05) is 48.5 Å². The van der Waals surface area contributed by atoms with Gasteiger partial charge in [0.15, 0.2) is 6.10 Å². The van der Waals surface area contributed by atoms with Gasteiger partial charge in [-0.1, -0.05) is 24.3 Å². The molecule has 4 aromatic rings. The maximum absolute atomic E-state index is 13.2. The van der Waals surface area contributed by atoms with Crippen molar-refractivity contribution in [3.8, 4) is 22.9 Å². The molecule has 0 radical (unpaired) electrons. The predicted octanol–water partition coefficient (Wildman–Crippen LogP) is 5.95. The summed E-state index contributed by atoms with van der Waals surface area (Å²) in [4.78, 5) is 13.6. The lowest BCUT2D eigenvalue weighted by Crippen LogP contribution is -2.38. The van der Waals surface area contributed by atoms with Gasteiger partial charge in [0.05, 0.1) is 17.8 Å². The van der Waals surface area contributed by atoms with Gasteiger partial charge < -0.3 is 25.4 Å². The number of piperidine rings is 1. The van der Waals surface area contributed by atoms with E-state index in [0.29, 0.717) is 39.9 Å². The van der Waals surface area contributed by atoms with Crippen LogP contribution >= 0.6 is 0 Å². The minimum Gasteiger partial charge on any atom is -0.437 e. The van der Waals surface area contributed by atoms with Gasteiger partial charge in [-0.05, 0) is 56.1 Å². The topological polar surface area (TPSA) is 93.2 Å². The summed E-state index contributed by atoms with van der Waals surface area (Å²) in [5.74, 6) is 1.45. The third-order valence-corrected chi connectivity index (χ3v) is 6.87. The molecule has 1 fully saturated rings. The molecular formula is C29H31F3N6O2. The Hall–Kier alpha value is -3.96. The number of aryl methyl sites for hydroxylation is 1. The summed E-state index contributed by atoms with van der Waals surface area (Å²) in [5.41, 5.74) is 2.73. The average molecular weight is 553 g/mol. The molecule has 0 aliphatic carbocycles. The Bertz CT molecular complexity index is 1460. The largest absolute Gasteiger partial charge is 0.437 e.